The zero-order valence-electron chi connectivity index (χ0n) is 10.9. The summed E-state index contributed by atoms with van der Waals surface area (Å²) >= 11 is 0. The predicted molar refractivity (Wildman–Crippen MR) is 70.5 cm³/mol. The van der Waals surface area contributed by atoms with Gasteiger partial charge < -0.3 is 19.7 Å². The van der Waals surface area contributed by atoms with E-state index in [1.807, 2.05) is 12.1 Å². The largest absolute Gasteiger partial charge is 0.493 e. The van der Waals surface area contributed by atoms with E-state index >= 15 is 0 Å². The molecular weight excluding hydrogens is 216 g/mol. The van der Waals surface area contributed by atoms with Crippen LogP contribution in [0.1, 0.15) is 13.8 Å². The fraction of sp³-hybridized carbons (Fsp3) is 0.538. The van der Waals surface area contributed by atoms with E-state index in [0.717, 1.165) is 30.3 Å². The first-order chi connectivity index (χ1) is 8.21. The average Bonchev–Trinajstić information content (AvgIpc) is 2.37. The summed E-state index contributed by atoms with van der Waals surface area (Å²) in [6.07, 6.45) is 0. The van der Waals surface area contributed by atoms with Gasteiger partial charge in [0.25, 0.3) is 0 Å². The third kappa shape index (κ3) is 1.99. The van der Waals surface area contributed by atoms with Crippen molar-refractivity contribution in [3.05, 3.63) is 12.1 Å². The molecule has 0 saturated carbocycles. The molecule has 4 nitrogen and oxygen atoms in total. The summed E-state index contributed by atoms with van der Waals surface area (Å²) in [4.78, 5) is 2.37. The van der Waals surface area contributed by atoms with E-state index in [1.54, 1.807) is 14.2 Å². The number of nitrogens with zero attached hydrogens (tertiary/aromatic N) is 1. The van der Waals surface area contributed by atoms with E-state index in [9.17, 15) is 0 Å². The minimum atomic E-state index is 0.491. The number of benzene rings is 1. The van der Waals surface area contributed by atoms with E-state index in [1.165, 1.54) is 5.69 Å². The van der Waals surface area contributed by atoms with E-state index < -0.39 is 0 Å². The summed E-state index contributed by atoms with van der Waals surface area (Å²) in [6, 6.07) is 4.54. The topological polar surface area (TPSA) is 33.7 Å². The Kier molecular flexibility index (Phi) is 3.31. The summed E-state index contributed by atoms with van der Waals surface area (Å²) in [5.74, 6) is 1.55. The summed E-state index contributed by atoms with van der Waals surface area (Å²) < 4.78 is 10.7. The van der Waals surface area contributed by atoms with Gasteiger partial charge in [0.15, 0.2) is 11.5 Å². The van der Waals surface area contributed by atoms with Crippen LogP contribution in [0.15, 0.2) is 12.1 Å². The molecule has 0 fully saturated rings. The normalized spacial score (nSPS) is 18.4. The monoisotopic (exact) mass is 236 g/mol. The highest BCUT2D eigenvalue weighted by Gasteiger charge is 2.23. The van der Waals surface area contributed by atoms with Gasteiger partial charge in [-0.1, -0.05) is 0 Å². The Morgan fingerprint density at radius 2 is 1.94 bits per heavy atom. The molecule has 1 aliphatic heterocycles. The molecule has 0 spiro atoms. The number of anilines is 2. The second-order valence-corrected chi connectivity index (χ2v) is 4.24. The van der Waals surface area contributed by atoms with Crippen molar-refractivity contribution in [2.24, 2.45) is 0 Å². The van der Waals surface area contributed by atoms with Gasteiger partial charge in [-0.05, 0) is 13.8 Å². The van der Waals surface area contributed by atoms with Crippen molar-refractivity contribution in [2.45, 2.75) is 19.9 Å². The van der Waals surface area contributed by atoms with Crippen molar-refractivity contribution in [3.63, 3.8) is 0 Å². The molecule has 0 aromatic heterocycles. The molecule has 0 amide bonds. The maximum atomic E-state index is 5.35. The van der Waals surface area contributed by atoms with Gasteiger partial charge >= 0.3 is 0 Å². The number of fused-ring (bicyclic) bond motifs is 1. The molecule has 1 heterocycles. The van der Waals surface area contributed by atoms with Gasteiger partial charge in [0.05, 0.1) is 25.6 Å². The fourth-order valence-corrected chi connectivity index (χ4v) is 2.33. The zero-order chi connectivity index (χ0) is 12.4. The molecule has 1 aromatic carbocycles. The molecule has 1 aliphatic rings. The van der Waals surface area contributed by atoms with Crippen LogP contribution in [0.4, 0.5) is 11.4 Å². The van der Waals surface area contributed by atoms with E-state index in [4.69, 9.17) is 9.47 Å². The van der Waals surface area contributed by atoms with Gasteiger partial charge in [-0.15, -0.1) is 0 Å². The fourth-order valence-electron chi connectivity index (χ4n) is 2.33. The molecule has 94 valence electrons. The third-order valence-electron chi connectivity index (χ3n) is 3.27. The van der Waals surface area contributed by atoms with Gasteiger partial charge in [-0.25, -0.2) is 0 Å². The number of hydrogen-bond donors (Lipinski definition) is 1. The molecule has 1 aromatic rings. The highest BCUT2D eigenvalue weighted by molar-refractivity contribution is 5.77. The molecule has 0 saturated heterocycles. The lowest BCUT2D eigenvalue weighted by Crippen LogP contribution is -2.41. The lowest BCUT2D eigenvalue weighted by atomic mass is 10.1. The third-order valence-corrected chi connectivity index (χ3v) is 3.27. The van der Waals surface area contributed by atoms with Gasteiger partial charge in [-0.3, -0.25) is 0 Å². The Morgan fingerprint density at radius 1 is 1.29 bits per heavy atom. The van der Waals surface area contributed by atoms with Crippen LogP contribution in [-0.2, 0) is 0 Å². The van der Waals surface area contributed by atoms with Crippen LogP contribution in [0.3, 0.4) is 0 Å². The first-order valence-electron chi connectivity index (χ1n) is 5.97. The Labute approximate surface area is 103 Å². The van der Waals surface area contributed by atoms with Crippen LogP contribution in [0.5, 0.6) is 11.5 Å². The van der Waals surface area contributed by atoms with Crippen LogP contribution in [-0.4, -0.2) is 33.4 Å². The predicted octanol–water partition coefficient (Wildman–Crippen LogP) is 2.34. The number of hydrogen-bond acceptors (Lipinski definition) is 4. The lowest BCUT2D eigenvalue weighted by Gasteiger charge is -2.37. The number of nitrogens with one attached hydrogen (secondary N) is 1. The second-order valence-electron chi connectivity index (χ2n) is 4.24. The maximum absolute atomic E-state index is 5.35. The highest BCUT2D eigenvalue weighted by Crippen LogP contribution is 2.40. The Morgan fingerprint density at radius 3 is 2.53 bits per heavy atom. The summed E-state index contributed by atoms with van der Waals surface area (Å²) in [5, 5.41) is 3.43. The molecular formula is C13H20N2O2. The smallest absolute Gasteiger partial charge is 0.162 e. The molecule has 0 aliphatic carbocycles. The Hall–Kier alpha value is -1.58. The SMILES string of the molecule is CCN1c2cc(OC)c(OC)cc2NCC1C. The quantitative estimate of drug-likeness (QED) is 0.873. The highest BCUT2D eigenvalue weighted by atomic mass is 16.5. The summed E-state index contributed by atoms with van der Waals surface area (Å²) in [6.45, 7) is 6.33. The number of rotatable bonds is 3. The van der Waals surface area contributed by atoms with Crippen LogP contribution in [0.2, 0.25) is 0 Å². The lowest BCUT2D eigenvalue weighted by molar-refractivity contribution is 0.355. The summed E-state index contributed by atoms with van der Waals surface area (Å²) in [5.41, 5.74) is 2.30. The van der Waals surface area contributed by atoms with Gasteiger partial charge in [0.1, 0.15) is 0 Å². The molecule has 1 atom stereocenters. The van der Waals surface area contributed by atoms with Gasteiger partial charge in [0, 0.05) is 31.3 Å². The van der Waals surface area contributed by atoms with Crippen molar-refractivity contribution in [2.75, 3.05) is 37.5 Å². The van der Waals surface area contributed by atoms with Crippen LogP contribution in [0, 0.1) is 0 Å². The van der Waals surface area contributed by atoms with Crippen molar-refractivity contribution >= 4 is 11.4 Å². The van der Waals surface area contributed by atoms with Gasteiger partial charge in [0.2, 0.25) is 0 Å². The summed E-state index contributed by atoms with van der Waals surface area (Å²) in [7, 11) is 3.33. The zero-order valence-corrected chi connectivity index (χ0v) is 10.9. The molecule has 0 bridgehead atoms. The van der Waals surface area contributed by atoms with Gasteiger partial charge in [-0.2, -0.15) is 0 Å². The van der Waals surface area contributed by atoms with Crippen molar-refractivity contribution in [3.8, 4) is 11.5 Å². The molecule has 4 heteroatoms. The Bertz CT molecular complexity index is 407. The molecule has 1 N–H and O–H groups in total. The standard InChI is InChI=1S/C13H20N2O2/c1-5-15-9(2)8-14-10-6-12(16-3)13(17-4)7-11(10)15/h6-7,9,14H,5,8H2,1-4H3. The van der Waals surface area contributed by atoms with Crippen molar-refractivity contribution in [1.82, 2.24) is 0 Å². The Balaban J connectivity index is 2.48. The van der Waals surface area contributed by atoms with Crippen molar-refractivity contribution < 1.29 is 9.47 Å². The minimum absolute atomic E-state index is 0.491. The first kappa shape index (κ1) is 11.9. The van der Waals surface area contributed by atoms with E-state index in [-0.39, 0.29) is 0 Å². The van der Waals surface area contributed by atoms with Crippen molar-refractivity contribution in [1.29, 1.82) is 0 Å². The van der Waals surface area contributed by atoms with Crippen LogP contribution in [0.25, 0.3) is 0 Å². The van der Waals surface area contributed by atoms with E-state index in [2.05, 4.69) is 24.1 Å². The minimum Gasteiger partial charge on any atom is -0.493 e. The first-order valence-corrected chi connectivity index (χ1v) is 5.97. The number of ether oxygens (including phenoxy) is 2. The molecule has 1 unspecified atom stereocenters. The maximum Gasteiger partial charge on any atom is 0.162 e. The molecule has 2 rings (SSSR count). The van der Waals surface area contributed by atoms with Crippen LogP contribution >= 0.6 is 0 Å². The average molecular weight is 236 g/mol. The molecule has 17 heavy (non-hydrogen) atoms. The van der Waals surface area contributed by atoms with Crippen LogP contribution < -0.4 is 19.7 Å². The second kappa shape index (κ2) is 4.73. The number of likely N-dealkylation sites (N-methyl/N-ethyl adjacent to an activating group) is 1. The number of methoxy groups -OCH3 is 2. The molecule has 0 radical (unpaired) electrons. The van der Waals surface area contributed by atoms with E-state index in [0.29, 0.717) is 6.04 Å².